The van der Waals surface area contributed by atoms with Crippen LogP contribution in [-0.2, 0) is 4.79 Å². The second-order valence-electron chi connectivity index (χ2n) is 3.87. The van der Waals surface area contributed by atoms with Crippen LogP contribution in [0.25, 0.3) is 11.3 Å². The Morgan fingerprint density at radius 2 is 2.22 bits per heavy atom. The summed E-state index contributed by atoms with van der Waals surface area (Å²) in [5, 5.41) is 9.34. The zero-order chi connectivity index (χ0) is 12.5. The number of amides is 1. The van der Waals surface area contributed by atoms with Gasteiger partial charge in [-0.1, -0.05) is 0 Å². The van der Waals surface area contributed by atoms with E-state index < -0.39 is 0 Å². The number of benzene rings is 1. The average Bonchev–Trinajstić information content (AvgIpc) is 2.86. The molecule has 0 fully saturated rings. The number of hydrogen-bond acceptors (Lipinski definition) is 4. The maximum atomic E-state index is 11.2. The first-order valence-corrected chi connectivity index (χ1v) is 5.34. The van der Waals surface area contributed by atoms with Crippen LogP contribution < -0.4 is 10.1 Å². The topological polar surface area (TPSA) is 84.1 Å². The third-order valence-electron chi connectivity index (χ3n) is 2.63. The maximum absolute atomic E-state index is 11.2. The first kappa shape index (κ1) is 10.5. The molecule has 1 aliphatic heterocycles. The van der Waals surface area contributed by atoms with Gasteiger partial charge in [0.1, 0.15) is 5.75 Å². The van der Waals surface area contributed by atoms with Crippen molar-refractivity contribution < 1.29 is 14.3 Å². The molecule has 0 atom stereocenters. The average molecular weight is 243 g/mol. The first-order valence-electron chi connectivity index (χ1n) is 5.34. The summed E-state index contributed by atoms with van der Waals surface area (Å²) < 4.78 is 5.26. The van der Waals surface area contributed by atoms with Gasteiger partial charge in [0, 0.05) is 5.56 Å². The van der Waals surface area contributed by atoms with E-state index in [1.165, 1.54) is 0 Å². The highest BCUT2D eigenvalue weighted by Gasteiger charge is 2.16. The fraction of sp³-hybridized carbons (Fsp3) is 0.0833. The number of aromatic nitrogens is 2. The summed E-state index contributed by atoms with van der Waals surface area (Å²) in [6.07, 6.45) is 0.694. The molecule has 1 aromatic heterocycles. The van der Waals surface area contributed by atoms with Crippen molar-refractivity contribution in [2.45, 2.75) is 0 Å². The standard InChI is InChI=1S/C12H9N3O3/c16-5-8-4-9(15-14-8)7-1-2-11-10(3-7)13-12(17)6-18-11/h1-5H,6H2,(H,13,17)(H,14,15). The normalized spacial score (nSPS) is 13.4. The first-order chi connectivity index (χ1) is 8.76. The molecular weight excluding hydrogens is 234 g/mol. The van der Waals surface area contributed by atoms with Crippen LogP contribution >= 0.6 is 0 Å². The van der Waals surface area contributed by atoms with Gasteiger partial charge in [-0.15, -0.1) is 0 Å². The van der Waals surface area contributed by atoms with Crippen LogP contribution in [0.15, 0.2) is 24.3 Å². The molecule has 0 unspecified atom stereocenters. The molecular formula is C12H9N3O3. The van der Waals surface area contributed by atoms with Crippen molar-refractivity contribution in [3.8, 4) is 17.0 Å². The SMILES string of the molecule is O=Cc1cc(-c2ccc3c(c2)NC(=O)CO3)n[nH]1. The predicted octanol–water partition coefficient (Wildman–Crippen LogP) is 1.22. The fourth-order valence-electron chi connectivity index (χ4n) is 1.79. The largest absolute Gasteiger partial charge is 0.482 e. The molecule has 2 aromatic rings. The summed E-state index contributed by atoms with van der Waals surface area (Å²) in [4.78, 5) is 21.8. The van der Waals surface area contributed by atoms with E-state index in [0.29, 0.717) is 29.1 Å². The van der Waals surface area contributed by atoms with Gasteiger partial charge in [0.05, 0.1) is 17.1 Å². The van der Waals surface area contributed by atoms with Gasteiger partial charge in [-0.25, -0.2) is 0 Å². The van der Waals surface area contributed by atoms with Gasteiger partial charge in [-0.05, 0) is 24.3 Å². The lowest BCUT2D eigenvalue weighted by Gasteiger charge is -2.18. The Hall–Kier alpha value is -2.63. The Bertz CT molecular complexity index is 633. The number of aldehydes is 1. The Labute approximate surface area is 102 Å². The summed E-state index contributed by atoms with van der Waals surface area (Å²) in [7, 11) is 0. The van der Waals surface area contributed by atoms with Crippen LogP contribution in [0.5, 0.6) is 5.75 Å². The van der Waals surface area contributed by atoms with E-state index >= 15 is 0 Å². The predicted molar refractivity (Wildman–Crippen MR) is 63.5 cm³/mol. The molecule has 1 aliphatic rings. The van der Waals surface area contributed by atoms with E-state index in [4.69, 9.17) is 4.74 Å². The number of rotatable bonds is 2. The van der Waals surface area contributed by atoms with Crippen molar-refractivity contribution >= 4 is 17.9 Å². The van der Waals surface area contributed by atoms with Crippen molar-refractivity contribution in [3.05, 3.63) is 30.0 Å². The molecule has 1 amide bonds. The molecule has 0 spiro atoms. The van der Waals surface area contributed by atoms with E-state index in [1.54, 1.807) is 18.2 Å². The molecule has 0 bridgehead atoms. The van der Waals surface area contributed by atoms with E-state index in [0.717, 1.165) is 5.56 Å². The van der Waals surface area contributed by atoms with Gasteiger partial charge < -0.3 is 10.1 Å². The smallest absolute Gasteiger partial charge is 0.262 e. The Morgan fingerprint density at radius 3 is 3.00 bits per heavy atom. The summed E-state index contributed by atoms with van der Waals surface area (Å²) >= 11 is 0. The van der Waals surface area contributed by atoms with Gasteiger partial charge in [-0.3, -0.25) is 14.7 Å². The molecule has 0 aliphatic carbocycles. The summed E-state index contributed by atoms with van der Waals surface area (Å²) in [5.41, 5.74) is 2.45. The van der Waals surface area contributed by atoms with Crippen LogP contribution in [-0.4, -0.2) is 29.0 Å². The second kappa shape index (κ2) is 3.99. The van der Waals surface area contributed by atoms with Crippen molar-refractivity contribution in [1.29, 1.82) is 0 Å². The lowest BCUT2D eigenvalue weighted by Crippen LogP contribution is -2.25. The zero-order valence-corrected chi connectivity index (χ0v) is 9.27. The molecule has 18 heavy (non-hydrogen) atoms. The quantitative estimate of drug-likeness (QED) is 0.777. The van der Waals surface area contributed by atoms with E-state index in [1.807, 2.05) is 6.07 Å². The molecule has 1 aromatic carbocycles. The number of ether oxygens (including phenoxy) is 1. The molecule has 2 heterocycles. The van der Waals surface area contributed by atoms with E-state index in [-0.39, 0.29) is 12.5 Å². The lowest BCUT2D eigenvalue weighted by atomic mass is 10.1. The van der Waals surface area contributed by atoms with Crippen molar-refractivity contribution in [3.63, 3.8) is 0 Å². The van der Waals surface area contributed by atoms with Gasteiger partial charge in [0.25, 0.3) is 5.91 Å². The van der Waals surface area contributed by atoms with Gasteiger partial charge in [0.15, 0.2) is 12.9 Å². The van der Waals surface area contributed by atoms with E-state index in [2.05, 4.69) is 15.5 Å². The Kier molecular flexibility index (Phi) is 2.33. The number of H-pyrrole nitrogens is 1. The molecule has 0 saturated carbocycles. The summed E-state index contributed by atoms with van der Waals surface area (Å²) in [5.74, 6) is 0.444. The zero-order valence-electron chi connectivity index (χ0n) is 9.27. The number of hydrogen-bond donors (Lipinski definition) is 2. The maximum Gasteiger partial charge on any atom is 0.262 e. The molecule has 0 saturated heterocycles. The fourth-order valence-corrected chi connectivity index (χ4v) is 1.79. The van der Waals surface area contributed by atoms with Gasteiger partial charge in [0.2, 0.25) is 0 Å². The highest BCUT2D eigenvalue weighted by atomic mass is 16.5. The minimum absolute atomic E-state index is 0.0318. The number of carbonyl (C=O) groups is 2. The Morgan fingerprint density at radius 1 is 1.33 bits per heavy atom. The van der Waals surface area contributed by atoms with Crippen LogP contribution in [0.2, 0.25) is 0 Å². The van der Waals surface area contributed by atoms with Crippen LogP contribution in [0.4, 0.5) is 5.69 Å². The lowest BCUT2D eigenvalue weighted by molar-refractivity contribution is -0.118. The minimum Gasteiger partial charge on any atom is -0.482 e. The summed E-state index contributed by atoms with van der Waals surface area (Å²) in [6, 6.07) is 6.98. The van der Waals surface area contributed by atoms with Crippen LogP contribution in [0.3, 0.4) is 0 Å². The minimum atomic E-state index is -0.185. The van der Waals surface area contributed by atoms with Crippen LogP contribution in [0, 0.1) is 0 Å². The number of carbonyl (C=O) groups excluding carboxylic acids is 2. The molecule has 0 radical (unpaired) electrons. The second-order valence-corrected chi connectivity index (χ2v) is 3.87. The monoisotopic (exact) mass is 243 g/mol. The number of fused-ring (bicyclic) bond motifs is 1. The third-order valence-corrected chi connectivity index (χ3v) is 2.63. The van der Waals surface area contributed by atoms with Gasteiger partial charge >= 0.3 is 0 Å². The molecule has 2 N–H and O–H groups in total. The number of nitrogens with one attached hydrogen (secondary N) is 2. The number of nitrogens with zero attached hydrogens (tertiary/aromatic N) is 1. The highest BCUT2D eigenvalue weighted by molar-refractivity contribution is 5.96. The Balaban J connectivity index is 2.01. The highest BCUT2D eigenvalue weighted by Crippen LogP contribution is 2.31. The van der Waals surface area contributed by atoms with Crippen molar-refractivity contribution in [2.24, 2.45) is 0 Å². The number of aromatic amines is 1. The summed E-state index contributed by atoms with van der Waals surface area (Å²) in [6.45, 7) is 0.0318. The molecule has 90 valence electrons. The molecule has 6 nitrogen and oxygen atoms in total. The van der Waals surface area contributed by atoms with Crippen molar-refractivity contribution in [1.82, 2.24) is 10.2 Å². The molecule has 3 rings (SSSR count). The molecule has 6 heteroatoms. The third kappa shape index (κ3) is 1.73. The van der Waals surface area contributed by atoms with Crippen molar-refractivity contribution in [2.75, 3.05) is 11.9 Å². The van der Waals surface area contributed by atoms with Crippen LogP contribution in [0.1, 0.15) is 10.5 Å². The number of anilines is 1. The van der Waals surface area contributed by atoms with E-state index in [9.17, 15) is 9.59 Å². The van der Waals surface area contributed by atoms with Gasteiger partial charge in [-0.2, -0.15) is 5.10 Å².